The van der Waals surface area contributed by atoms with E-state index in [0.717, 1.165) is 11.1 Å². The van der Waals surface area contributed by atoms with Crippen LogP contribution in [0.25, 0.3) is 6.08 Å². The van der Waals surface area contributed by atoms with Gasteiger partial charge in [0.05, 0.1) is 7.11 Å². The zero-order chi connectivity index (χ0) is 12.0. The Morgan fingerprint density at radius 2 is 2.12 bits per heavy atom. The third-order valence-corrected chi connectivity index (χ3v) is 2.73. The number of carbonyl (C=O) groups is 1. The summed E-state index contributed by atoms with van der Waals surface area (Å²) in [5, 5.41) is 0. The molecule has 0 saturated heterocycles. The lowest BCUT2D eigenvalue weighted by atomic mass is 10.1. The van der Waals surface area contributed by atoms with E-state index in [4.69, 9.17) is 0 Å². The van der Waals surface area contributed by atoms with E-state index in [9.17, 15) is 9.00 Å². The first-order valence-electron chi connectivity index (χ1n) is 4.77. The highest BCUT2D eigenvalue weighted by Crippen LogP contribution is 2.12. The van der Waals surface area contributed by atoms with E-state index in [2.05, 4.69) is 4.74 Å². The molecule has 1 atom stereocenters. The van der Waals surface area contributed by atoms with E-state index < -0.39 is 16.8 Å². The molecule has 1 aromatic rings. The summed E-state index contributed by atoms with van der Waals surface area (Å²) in [4.78, 5) is 10.9. The van der Waals surface area contributed by atoms with Gasteiger partial charge in [-0.1, -0.05) is 24.3 Å². The van der Waals surface area contributed by atoms with E-state index in [-0.39, 0.29) is 0 Å². The fourth-order valence-electron chi connectivity index (χ4n) is 1.27. The highest BCUT2D eigenvalue weighted by Gasteiger charge is 2.01. The Morgan fingerprint density at radius 3 is 2.75 bits per heavy atom. The second-order valence-corrected chi connectivity index (χ2v) is 4.71. The molecule has 0 radical (unpaired) electrons. The number of ether oxygens (including phenoxy) is 1. The van der Waals surface area contributed by atoms with Crippen molar-refractivity contribution in [1.29, 1.82) is 0 Å². The minimum Gasteiger partial charge on any atom is -0.466 e. The third-order valence-electron chi connectivity index (χ3n) is 2.01. The van der Waals surface area contributed by atoms with Crippen LogP contribution >= 0.6 is 0 Å². The molecule has 0 aliphatic heterocycles. The van der Waals surface area contributed by atoms with Crippen LogP contribution in [0.1, 0.15) is 11.1 Å². The van der Waals surface area contributed by atoms with E-state index in [1.165, 1.54) is 13.2 Å². The number of rotatable bonds is 4. The molecule has 16 heavy (non-hydrogen) atoms. The molecule has 0 bridgehead atoms. The molecule has 0 amide bonds. The molecule has 1 aromatic carbocycles. The standard InChI is InChI=1S/C12H14O3S/c1-15-12(13)8-7-10-5-3-4-6-11(10)9-16(2)14/h3-8H,9H2,1-2H3/b8-7+/t16-/m0/s1. The van der Waals surface area contributed by atoms with Crippen LogP contribution in [0.2, 0.25) is 0 Å². The van der Waals surface area contributed by atoms with Crippen LogP contribution in [0.15, 0.2) is 30.3 Å². The molecule has 0 unspecified atom stereocenters. The molecule has 1 rings (SSSR count). The van der Waals surface area contributed by atoms with E-state index in [0.29, 0.717) is 5.75 Å². The first-order chi connectivity index (χ1) is 7.63. The molecule has 3 nitrogen and oxygen atoms in total. The number of methoxy groups -OCH3 is 1. The van der Waals surface area contributed by atoms with Gasteiger partial charge in [-0.05, 0) is 17.2 Å². The van der Waals surface area contributed by atoms with Crippen LogP contribution in [-0.4, -0.2) is 23.5 Å². The number of hydrogen-bond donors (Lipinski definition) is 0. The molecule has 0 heterocycles. The van der Waals surface area contributed by atoms with Gasteiger partial charge in [0.1, 0.15) is 0 Å². The molecule has 0 N–H and O–H groups in total. The van der Waals surface area contributed by atoms with Crippen molar-refractivity contribution in [3.8, 4) is 0 Å². The van der Waals surface area contributed by atoms with E-state index >= 15 is 0 Å². The summed E-state index contributed by atoms with van der Waals surface area (Å²) in [5.41, 5.74) is 1.85. The molecular weight excluding hydrogens is 224 g/mol. The second kappa shape index (κ2) is 6.23. The Labute approximate surface area is 97.6 Å². The van der Waals surface area contributed by atoms with Crippen LogP contribution in [-0.2, 0) is 26.1 Å². The van der Waals surface area contributed by atoms with Crippen molar-refractivity contribution in [2.45, 2.75) is 5.75 Å². The van der Waals surface area contributed by atoms with Crippen LogP contribution in [0.3, 0.4) is 0 Å². The van der Waals surface area contributed by atoms with Gasteiger partial charge in [0.2, 0.25) is 0 Å². The fraction of sp³-hybridized carbons (Fsp3) is 0.250. The maximum atomic E-state index is 11.2. The number of esters is 1. The summed E-state index contributed by atoms with van der Waals surface area (Å²) in [7, 11) is 0.440. The maximum Gasteiger partial charge on any atom is 0.330 e. The summed E-state index contributed by atoms with van der Waals surface area (Å²) in [6.07, 6.45) is 4.69. The van der Waals surface area contributed by atoms with Gasteiger partial charge in [0.15, 0.2) is 0 Å². The van der Waals surface area contributed by atoms with Gasteiger partial charge in [-0.15, -0.1) is 0 Å². The van der Waals surface area contributed by atoms with Gasteiger partial charge in [-0.25, -0.2) is 4.79 Å². The van der Waals surface area contributed by atoms with Gasteiger partial charge >= 0.3 is 5.97 Å². The van der Waals surface area contributed by atoms with Crippen molar-refractivity contribution in [3.63, 3.8) is 0 Å². The minimum absolute atomic E-state index is 0.396. The van der Waals surface area contributed by atoms with Gasteiger partial charge in [0, 0.05) is 28.9 Å². The predicted molar refractivity (Wildman–Crippen MR) is 65.3 cm³/mol. The summed E-state index contributed by atoms with van der Waals surface area (Å²) in [6, 6.07) is 7.54. The van der Waals surface area contributed by atoms with Crippen molar-refractivity contribution in [2.24, 2.45) is 0 Å². The average molecular weight is 238 g/mol. The van der Waals surface area contributed by atoms with Crippen molar-refractivity contribution in [1.82, 2.24) is 0 Å². The average Bonchev–Trinajstić information content (AvgIpc) is 2.26. The Kier molecular flexibility index (Phi) is 4.92. The minimum atomic E-state index is -0.893. The molecule has 0 spiro atoms. The first-order valence-corrected chi connectivity index (χ1v) is 6.50. The van der Waals surface area contributed by atoms with Gasteiger partial charge in [-0.2, -0.15) is 0 Å². The monoisotopic (exact) mass is 238 g/mol. The SMILES string of the molecule is COC(=O)/C=C/c1ccccc1C[S@](C)=O. The van der Waals surface area contributed by atoms with Crippen LogP contribution < -0.4 is 0 Å². The Hall–Kier alpha value is -1.42. The quantitative estimate of drug-likeness (QED) is 0.593. The molecule has 0 aliphatic carbocycles. The summed E-state index contributed by atoms with van der Waals surface area (Å²) in [6.45, 7) is 0. The first kappa shape index (κ1) is 12.6. The van der Waals surface area contributed by atoms with Crippen molar-refractivity contribution >= 4 is 22.8 Å². The summed E-state index contributed by atoms with van der Waals surface area (Å²) < 4.78 is 15.7. The Morgan fingerprint density at radius 1 is 1.44 bits per heavy atom. The number of carbonyl (C=O) groups excluding carboxylic acids is 1. The van der Waals surface area contributed by atoms with Gasteiger partial charge in [-0.3, -0.25) is 4.21 Å². The van der Waals surface area contributed by atoms with Crippen molar-refractivity contribution in [2.75, 3.05) is 13.4 Å². The van der Waals surface area contributed by atoms with Crippen LogP contribution in [0, 0.1) is 0 Å². The number of hydrogen-bond acceptors (Lipinski definition) is 3. The zero-order valence-electron chi connectivity index (χ0n) is 9.30. The highest BCUT2D eigenvalue weighted by molar-refractivity contribution is 7.83. The van der Waals surface area contributed by atoms with Crippen molar-refractivity contribution in [3.05, 3.63) is 41.5 Å². The lowest BCUT2D eigenvalue weighted by molar-refractivity contribution is -0.134. The smallest absolute Gasteiger partial charge is 0.330 e. The maximum absolute atomic E-state index is 11.2. The molecule has 86 valence electrons. The molecule has 4 heteroatoms. The largest absolute Gasteiger partial charge is 0.466 e. The summed E-state index contributed by atoms with van der Waals surface area (Å²) in [5.74, 6) is 0.0919. The molecule has 0 fully saturated rings. The topological polar surface area (TPSA) is 43.4 Å². The Bertz CT molecular complexity index is 424. The Balaban J connectivity index is 2.90. The molecule has 0 aliphatic rings. The van der Waals surface area contributed by atoms with Crippen molar-refractivity contribution < 1.29 is 13.7 Å². The molecule has 0 aromatic heterocycles. The van der Waals surface area contributed by atoms with Gasteiger partial charge < -0.3 is 4.74 Å². The summed E-state index contributed by atoms with van der Waals surface area (Å²) >= 11 is 0. The van der Waals surface area contributed by atoms with Crippen LogP contribution in [0.5, 0.6) is 0 Å². The predicted octanol–water partition coefficient (Wildman–Crippen LogP) is 1.75. The van der Waals surface area contributed by atoms with Gasteiger partial charge in [0.25, 0.3) is 0 Å². The highest BCUT2D eigenvalue weighted by atomic mass is 32.2. The number of benzene rings is 1. The molecular formula is C12H14O3S. The normalized spacial score (nSPS) is 12.6. The fourth-order valence-corrected chi connectivity index (χ4v) is 1.97. The third kappa shape index (κ3) is 3.98. The van der Waals surface area contributed by atoms with E-state index in [1.807, 2.05) is 24.3 Å². The molecule has 0 saturated carbocycles. The lowest BCUT2D eigenvalue weighted by Crippen LogP contribution is -1.96. The van der Waals surface area contributed by atoms with E-state index in [1.54, 1.807) is 12.3 Å². The zero-order valence-corrected chi connectivity index (χ0v) is 10.1. The second-order valence-electron chi connectivity index (χ2n) is 3.27. The lowest BCUT2D eigenvalue weighted by Gasteiger charge is -2.03. The van der Waals surface area contributed by atoms with Crippen LogP contribution in [0.4, 0.5) is 0 Å².